The molecule has 0 aliphatic carbocycles. The molecule has 0 spiro atoms. The number of fused-ring (bicyclic) bond motifs is 1. The number of aromatic nitrogens is 2. The number of guanidine groups is 1. The van der Waals surface area contributed by atoms with Gasteiger partial charge in [0.05, 0.1) is 24.3 Å². The number of carbonyl (C=O) groups is 1. The van der Waals surface area contributed by atoms with Crippen LogP contribution in [-0.4, -0.2) is 62.3 Å². The molecule has 0 aromatic carbocycles. The van der Waals surface area contributed by atoms with Crippen LogP contribution in [0.2, 0.25) is 0 Å². The molecular weight excluding hydrogens is 475 g/mol. The summed E-state index contributed by atoms with van der Waals surface area (Å²) in [5.74, 6) is 0.915. The predicted octanol–water partition coefficient (Wildman–Crippen LogP) is 2.81. The number of halogens is 1. The molecule has 0 saturated carbocycles. The summed E-state index contributed by atoms with van der Waals surface area (Å²) >= 11 is 1.61. The molecule has 0 atom stereocenters. The normalized spacial score (nSPS) is 17.6. The number of hydrogen-bond acceptors (Lipinski definition) is 4. The zero-order chi connectivity index (χ0) is 18.9. The fourth-order valence-corrected chi connectivity index (χ4v) is 4.47. The zero-order valence-electron chi connectivity index (χ0n) is 16.6. The monoisotopic (exact) mass is 504 g/mol. The third kappa shape index (κ3) is 4.74. The molecule has 3 heterocycles. The van der Waals surface area contributed by atoms with E-state index in [0.717, 1.165) is 29.7 Å². The highest BCUT2D eigenvalue weighted by Gasteiger charge is 2.40. The maximum atomic E-state index is 12.7. The number of imidazole rings is 1. The average Bonchev–Trinajstić information content (AvgIpc) is 3.10. The molecule has 1 N–H and O–H groups in total. The number of piperazine rings is 1. The Balaban J connectivity index is 0.00000261. The molecule has 2 aromatic rings. The Hall–Kier alpha value is -1.36. The number of thiazole rings is 1. The second-order valence-electron chi connectivity index (χ2n) is 7.52. The zero-order valence-corrected chi connectivity index (χ0v) is 19.7. The lowest BCUT2D eigenvalue weighted by Crippen LogP contribution is -2.66. The van der Waals surface area contributed by atoms with E-state index in [2.05, 4.69) is 42.9 Å². The first-order valence-corrected chi connectivity index (χ1v) is 9.96. The summed E-state index contributed by atoms with van der Waals surface area (Å²) in [6, 6.07) is 0.192. The number of nitrogens with zero attached hydrogens (tertiary/aromatic N) is 5. The summed E-state index contributed by atoms with van der Waals surface area (Å²) in [6.07, 6.45) is 4.00. The molecule has 1 saturated heterocycles. The Morgan fingerprint density at radius 1 is 1.44 bits per heavy atom. The first-order valence-electron chi connectivity index (χ1n) is 9.08. The topological polar surface area (TPSA) is 65.2 Å². The van der Waals surface area contributed by atoms with E-state index < -0.39 is 0 Å². The van der Waals surface area contributed by atoms with Gasteiger partial charge < -0.3 is 15.1 Å². The molecule has 0 radical (unpaired) electrons. The maximum Gasteiger partial charge on any atom is 0.242 e. The van der Waals surface area contributed by atoms with Crippen LogP contribution in [0.5, 0.6) is 0 Å². The van der Waals surface area contributed by atoms with Crippen molar-refractivity contribution in [3.8, 4) is 0 Å². The quantitative estimate of drug-likeness (QED) is 0.395. The Kier molecular flexibility index (Phi) is 7.12. The molecule has 0 unspecified atom stereocenters. The number of aliphatic imine (C=N–C) groups is 1. The van der Waals surface area contributed by atoms with Crippen molar-refractivity contribution in [1.82, 2.24) is 24.5 Å². The van der Waals surface area contributed by atoms with Gasteiger partial charge in [-0.25, -0.2) is 9.98 Å². The van der Waals surface area contributed by atoms with E-state index in [4.69, 9.17) is 4.99 Å². The first-order chi connectivity index (χ1) is 12.3. The van der Waals surface area contributed by atoms with Crippen molar-refractivity contribution in [2.24, 2.45) is 4.99 Å². The van der Waals surface area contributed by atoms with Gasteiger partial charge in [0.15, 0.2) is 10.9 Å². The number of amides is 1. The lowest BCUT2D eigenvalue weighted by atomic mass is 9.96. The van der Waals surface area contributed by atoms with Crippen molar-refractivity contribution in [1.29, 1.82) is 0 Å². The summed E-state index contributed by atoms with van der Waals surface area (Å²) in [4.78, 5) is 27.1. The lowest BCUT2D eigenvalue weighted by molar-refractivity contribution is -0.145. The third-order valence-electron chi connectivity index (χ3n) is 4.51. The van der Waals surface area contributed by atoms with Crippen LogP contribution in [0.4, 0.5) is 0 Å². The molecule has 2 aromatic heterocycles. The molecule has 27 heavy (non-hydrogen) atoms. The van der Waals surface area contributed by atoms with Crippen LogP contribution in [0, 0.1) is 0 Å². The molecule has 1 aliphatic rings. The number of hydrogen-bond donors (Lipinski definition) is 1. The number of rotatable bonds is 4. The average molecular weight is 504 g/mol. The predicted molar refractivity (Wildman–Crippen MR) is 121 cm³/mol. The van der Waals surface area contributed by atoms with E-state index in [9.17, 15) is 4.79 Å². The summed E-state index contributed by atoms with van der Waals surface area (Å²) in [5.41, 5.74) is 0.690. The van der Waals surface area contributed by atoms with E-state index in [0.29, 0.717) is 13.1 Å². The first kappa shape index (κ1) is 21.9. The van der Waals surface area contributed by atoms with Gasteiger partial charge in [0.2, 0.25) is 5.91 Å². The molecule has 7 nitrogen and oxygen atoms in total. The fourth-order valence-electron chi connectivity index (χ4n) is 3.75. The highest BCUT2D eigenvalue weighted by Crippen LogP contribution is 2.24. The number of nitrogens with one attached hydrogen (secondary N) is 1. The SMILES string of the molecule is CCNC(=NCc1cn2ccsc2n1)N1CC(=O)N(C(C)C)C(C)(C)C1.I. The van der Waals surface area contributed by atoms with E-state index in [1.54, 1.807) is 11.3 Å². The molecule has 1 amide bonds. The Bertz CT molecular complexity index is 783. The van der Waals surface area contributed by atoms with Crippen LogP contribution in [-0.2, 0) is 11.3 Å². The van der Waals surface area contributed by atoms with E-state index in [-0.39, 0.29) is 41.5 Å². The van der Waals surface area contributed by atoms with Gasteiger partial charge in [-0.15, -0.1) is 35.3 Å². The van der Waals surface area contributed by atoms with Crippen LogP contribution in [0.25, 0.3) is 4.96 Å². The van der Waals surface area contributed by atoms with Crippen LogP contribution >= 0.6 is 35.3 Å². The van der Waals surface area contributed by atoms with Crippen LogP contribution < -0.4 is 5.32 Å². The minimum Gasteiger partial charge on any atom is -0.356 e. The van der Waals surface area contributed by atoms with Crippen LogP contribution in [0.15, 0.2) is 22.8 Å². The summed E-state index contributed by atoms with van der Waals surface area (Å²) in [6.45, 7) is 12.8. The summed E-state index contributed by atoms with van der Waals surface area (Å²) in [5, 5.41) is 5.34. The van der Waals surface area contributed by atoms with Crippen molar-refractivity contribution < 1.29 is 4.79 Å². The summed E-state index contributed by atoms with van der Waals surface area (Å²) < 4.78 is 2.01. The van der Waals surface area contributed by atoms with Gasteiger partial charge in [0, 0.05) is 36.9 Å². The van der Waals surface area contributed by atoms with E-state index in [1.165, 1.54) is 0 Å². The third-order valence-corrected chi connectivity index (χ3v) is 5.28. The van der Waals surface area contributed by atoms with Gasteiger partial charge in [0.1, 0.15) is 0 Å². The molecular formula is C18H29IN6OS. The minimum absolute atomic E-state index is 0. The molecule has 150 valence electrons. The van der Waals surface area contributed by atoms with Gasteiger partial charge in [0.25, 0.3) is 0 Å². The Morgan fingerprint density at radius 3 is 2.78 bits per heavy atom. The lowest BCUT2D eigenvalue weighted by Gasteiger charge is -2.49. The minimum atomic E-state index is -0.239. The van der Waals surface area contributed by atoms with Crippen molar-refractivity contribution in [2.45, 2.75) is 52.7 Å². The Labute approximate surface area is 181 Å². The van der Waals surface area contributed by atoms with Crippen molar-refractivity contribution in [2.75, 3.05) is 19.6 Å². The highest BCUT2D eigenvalue weighted by atomic mass is 127. The van der Waals surface area contributed by atoms with Gasteiger partial charge in [-0.1, -0.05) is 0 Å². The fraction of sp³-hybridized carbons (Fsp3) is 0.611. The molecule has 0 bridgehead atoms. The summed E-state index contributed by atoms with van der Waals surface area (Å²) in [7, 11) is 0. The highest BCUT2D eigenvalue weighted by molar-refractivity contribution is 14.0. The van der Waals surface area contributed by atoms with Gasteiger partial charge >= 0.3 is 0 Å². The number of carbonyl (C=O) groups excluding carboxylic acids is 1. The smallest absolute Gasteiger partial charge is 0.242 e. The standard InChI is InChI=1S/C18H28N6OS.HI/c1-6-19-16(20-9-14-10-22-7-8-26-17(22)21-14)23-11-15(25)24(13(2)3)18(4,5)12-23;/h7-8,10,13H,6,9,11-12H2,1-5H3,(H,19,20);1H. The Morgan fingerprint density at radius 2 is 2.19 bits per heavy atom. The van der Waals surface area contributed by atoms with E-state index >= 15 is 0 Å². The van der Waals surface area contributed by atoms with Crippen molar-refractivity contribution >= 4 is 52.1 Å². The van der Waals surface area contributed by atoms with Gasteiger partial charge in [-0.05, 0) is 34.6 Å². The second kappa shape index (κ2) is 8.76. The van der Waals surface area contributed by atoms with Crippen LogP contribution in [0.1, 0.15) is 40.3 Å². The second-order valence-corrected chi connectivity index (χ2v) is 8.39. The molecule has 9 heteroatoms. The van der Waals surface area contributed by atoms with Gasteiger partial charge in [-0.2, -0.15) is 0 Å². The molecule has 3 rings (SSSR count). The van der Waals surface area contributed by atoms with Crippen molar-refractivity contribution in [3.63, 3.8) is 0 Å². The maximum absolute atomic E-state index is 12.7. The van der Waals surface area contributed by atoms with Gasteiger partial charge in [-0.3, -0.25) is 9.20 Å². The van der Waals surface area contributed by atoms with E-state index in [1.807, 2.05) is 34.0 Å². The molecule has 1 fully saturated rings. The largest absolute Gasteiger partial charge is 0.356 e. The van der Waals surface area contributed by atoms with Crippen LogP contribution in [0.3, 0.4) is 0 Å². The molecule has 1 aliphatic heterocycles. The van der Waals surface area contributed by atoms with Crippen molar-refractivity contribution in [3.05, 3.63) is 23.5 Å².